The quantitative estimate of drug-likeness (QED) is 0.837. The van der Waals surface area contributed by atoms with Crippen LogP contribution in [0.5, 0.6) is 0 Å². The number of benzene rings is 1. The second kappa shape index (κ2) is 8.18. The van der Waals surface area contributed by atoms with Crippen LogP contribution in [0.4, 0.5) is 4.39 Å². The van der Waals surface area contributed by atoms with Crippen LogP contribution in [0.1, 0.15) is 42.6 Å². The van der Waals surface area contributed by atoms with Crippen LogP contribution in [0.2, 0.25) is 0 Å². The first-order valence-corrected chi connectivity index (χ1v) is 8.76. The molecular formula is C19H26ClFN4O. The van der Waals surface area contributed by atoms with Gasteiger partial charge in [0.25, 0.3) is 0 Å². The molecule has 2 aromatic rings. The molecule has 1 saturated carbocycles. The van der Waals surface area contributed by atoms with E-state index in [4.69, 9.17) is 5.73 Å². The Morgan fingerprint density at radius 3 is 2.46 bits per heavy atom. The molecule has 0 bridgehead atoms. The van der Waals surface area contributed by atoms with Gasteiger partial charge in [-0.15, -0.1) is 12.4 Å². The minimum Gasteiger partial charge on any atom is -0.349 e. The number of nitrogens with zero attached hydrogens (tertiary/aromatic N) is 2. The zero-order valence-electron chi connectivity index (χ0n) is 15.2. The Kier molecular flexibility index (Phi) is 6.42. The first-order chi connectivity index (χ1) is 11.9. The minimum atomic E-state index is -0.284. The third kappa shape index (κ3) is 4.07. The van der Waals surface area contributed by atoms with Crippen molar-refractivity contribution in [1.29, 1.82) is 0 Å². The monoisotopic (exact) mass is 380 g/mol. The second-order valence-electron chi connectivity index (χ2n) is 6.95. The summed E-state index contributed by atoms with van der Waals surface area (Å²) in [6, 6.07) is 6.17. The topological polar surface area (TPSA) is 72.9 Å². The molecule has 0 saturated heterocycles. The van der Waals surface area contributed by atoms with Crippen molar-refractivity contribution in [2.45, 2.75) is 51.5 Å². The lowest BCUT2D eigenvalue weighted by Gasteiger charge is -2.28. The summed E-state index contributed by atoms with van der Waals surface area (Å²) in [7, 11) is 0. The van der Waals surface area contributed by atoms with E-state index in [1.165, 1.54) is 12.1 Å². The number of hydrogen-bond donors (Lipinski definition) is 2. The Balaban J connectivity index is 0.00000243. The molecule has 1 aliphatic carbocycles. The van der Waals surface area contributed by atoms with Crippen LogP contribution >= 0.6 is 12.4 Å². The standard InChI is InChI=1S/C19H25FN4O.ClH/c1-13-17(11-18(25)22-19(12-21)9-3-4-10-19)14(2)24(23-13)16-7-5-15(20)6-8-16;/h5-8H,3-4,9-12,21H2,1-2H3,(H,22,25);1H. The molecule has 1 amide bonds. The maximum Gasteiger partial charge on any atom is 0.225 e. The van der Waals surface area contributed by atoms with Gasteiger partial charge in [0, 0.05) is 17.8 Å². The highest BCUT2D eigenvalue weighted by atomic mass is 35.5. The molecule has 3 N–H and O–H groups in total. The molecule has 0 aliphatic heterocycles. The summed E-state index contributed by atoms with van der Waals surface area (Å²) in [5, 5.41) is 7.67. The summed E-state index contributed by atoms with van der Waals surface area (Å²) in [6.45, 7) is 4.30. The maximum atomic E-state index is 13.1. The first-order valence-electron chi connectivity index (χ1n) is 8.76. The molecule has 1 aliphatic rings. The van der Waals surface area contributed by atoms with E-state index in [1.807, 2.05) is 13.8 Å². The zero-order valence-corrected chi connectivity index (χ0v) is 16.0. The van der Waals surface area contributed by atoms with Gasteiger partial charge in [-0.1, -0.05) is 12.8 Å². The predicted octanol–water partition coefficient (Wildman–Crippen LogP) is 2.98. The third-order valence-corrected chi connectivity index (χ3v) is 5.21. The van der Waals surface area contributed by atoms with Crippen LogP contribution in [-0.2, 0) is 11.2 Å². The molecule has 1 heterocycles. The molecule has 0 atom stereocenters. The van der Waals surface area contributed by atoms with E-state index in [0.29, 0.717) is 6.54 Å². The van der Waals surface area contributed by atoms with Crippen LogP contribution in [0.25, 0.3) is 5.69 Å². The first kappa shape index (κ1) is 20.4. The van der Waals surface area contributed by atoms with Crippen molar-refractivity contribution in [2.24, 2.45) is 5.73 Å². The van der Waals surface area contributed by atoms with Crippen molar-refractivity contribution in [2.75, 3.05) is 6.54 Å². The van der Waals surface area contributed by atoms with Gasteiger partial charge in [0.05, 0.1) is 23.3 Å². The van der Waals surface area contributed by atoms with Crippen LogP contribution < -0.4 is 11.1 Å². The van der Waals surface area contributed by atoms with Crippen LogP contribution in [0, 0.1) is 19.7 Å². The molecule has 3 rings (SSSR count). The molecular weight excluding hydrogens is 355 g/mol. The zero-order chi connectivity index (χ0) is 18.0. The van der Waals surface area contributed by atoms with Gasteiger partial charge < -0.3 is 11.1 Å². The lowest BCUT2D eigenvalue weighted by atomic mass is 9.97. The molecule has 1 fully saturated rings. The average Bonchev–Trinajstić information content (AvgIpc) is 3.16. The number of carbonyl (C=O) groups is 1. The fourth-order valence-corrected chi connectivity index (χ4v) is 3.70. The summed E-state index contributed by atoms with van der Waals surface area (Å²) in [4.78, 5) is 12.6. The molecule has 7 heteroatoms. The largest absolute Gasteiger partial charge is 0.349 e. The fraction of sp³-hybridized carbons (Fsp3) is 0.474. The number of halogens is 2. The van der Waals surface area contributed by atoms with Gasteiger partial charge >= 0.3 is 0 Å². The van der Waals surface area contributed by atoms with Gasteiger partial charge in [-0.3, -0.25) is 4.79 Å². The van der Waals surface area contributed by atoms with Crippen LogP contribution in [-0.4, -0.2) is 27.8 Å². The molecule has 142 valence electrons. The summed E-state index contributed by atoms with van der Waals surface area (Å²) in [6.07, 6.45) is 4.39. The third-order valence-electron chi connectivity index (χ3n) is 5.21. The normalized spacial score (nSPS) is 15.5. The Labute approximate surface area is 159 Å². The van der Waals surface area contributed by atoms with Crippen molar-refractivity contribution in [3.05, 3.63) is 47.0 Å². The number of aryl methyl sites for hydroxylation is 1. The highest BCUT2D eigenvalue weighted by Crippen LogP contribution is 2.29. The van der Waals surface area contributed by atoms with Crippen molar-refractivity contribution >= 4 is 18.3 Å². The van der Waals surface area contributed by atoms with Gasteiger partial charge in [-0.25, -0.2) is 9.07 Å². The van der Waals surface area contributed by atoms with E-state index in [0.717, 1.165) is 48.3 Å². The molecule has 0 radical (unpaired) electrons. The lowest BCUT2D eigenvalue weighted by Crippen LogP contribution is -2.52. The maximum absolute atomic E-state index is 13.1. The summed E-state index contributed by atoms with van der Waals surface area (Å²) < 4.78 is 14.9. The SMILES string of the molecule is Cc1nn(-c2ccc(F)cc2)c(C)c1CC(=O)NC1(CN)CCCC1.Cl. The van der Waals surface area contributed by atoms with E-state index in [2.05, 4.69) is 10.4 Å². The second-order valence-corrected chi connectivity index (χ2v) is 6.95. The minimum absolute atomic E-state index is 0. The van der Waals surface area contributed by atoms with E-state index in [1.54, 1.807) is 16.8 Å². The van der Waals surface area contributed by atoms with Crippen molar-refractivity contribution < 1.29 is 9.18 Å². The number of nitrogens with one attached hydrogen (secondary N) is 1. The molecule has 1 aromatic heterocycles. The van der Waals surface area contributed by atoms with E-state index in [-0.39, 0.29) is 36.1 Å². The lowest BCUT2D eigenvalue weighted by molar-refractivity contribution is -0.122. The van der Waals surface area contributed by atoms with Gasteiger partial charge in [0.2, 0.25) is 5.91 Å². The Bertz CT molecular complexity index is 767. The Morgan fingerprint density at radius 2 is 1.88 bits per heavy atom. The average molecular weight is 381 g/mol. The molecule has 0 unspecified atom stereocenters. The number of amides is 1. The van der Waals surface area contributed by atoms with Gasteiger partial charge in [0.1, 0.15) is 5.82 Å². The van der Waals surface area contributed by atoms with Gasteiger partial charge in [-0.2, -0.15) is 5.10 Å². The molecule has 0 spiro atoms. The van der Waals surface area contributed by atoms with E-state index >= 15 is 0 Å². The fourth-order valence-electron chi connectivity index (χ4n) is 3.70. The highest BCUT2D eigenvalue weighted by Gasteiger charge is 2.34. The van der Waals surface area contributed by atoms with Gasteiger partial charge in [0.15, 0.2) is 0 Å². The molecule has 5 nitrogen and oxygen atoms in total. The number of aromatic nitrogens is 2. The summed E-state index contributed by atoms with van der Waals surface area (Å²) in [5.41, 5.74) is 9.05. The summed E-state index contributed by atoms with van der Waals surface area (Å²) in [5.74, 6) is -0.300. The van der Waals surface area contributed by atoms with Crippen molar-refractivity contribution in [1.82, 2.24) is 15.1 Å². The number of rotatable bonds is 5. The smallest absolute Gasteiger partial charge is 0.225 e. The van der Waals surface area contributed by atoms with Crippen molar-refractivity contribution in [3.63, 3.8) is 0 Å². The number of nitrogens with two attached hydrogens (primary N) is 1. The van der Waals surface area contributed by atoms with E-state index < -0.39 is 0 Å². The Hall–Kier alpha value is -1.92. The van der Waals surface area contributed by atoms with Crippen molar-refractivity contribution in [3.8, 4) is 5.69 Å². The molecule has 1 aromatic carbocycles. The Morgan fingerprint density at radius 1 is 1.27 bits per heavy atom. The highest BCUT2D eigenvalue weighted by molar-refractivity contribution is 5.85. The molecule has 26 heavy (non-hydrogen) atoms. The number of hydrogen-bond acceptors (Lipinski definition) is 3. The van der Waals surface area contributed by atoms with E-state index in [9.17, 15) is 9.18 Å². The summed E-state index contributed by atoms with van der Waals surface area (Å²) >= 11 is 0. The van der Waals surface area contributed by atoms with Gasteiger partial charge in [-0.05, 0) is 51.0 Å². The predicted molar refractivity (Wildman–Crippen MR) is 102 cm³/mol. The number of carbonyl (C=O) groups excluding carboxylic acids is 1. The van der Waals surface area contributed by atoms with Crippen LogP contribution in [0.3, 0.4) is 0 Å². The van der Waals surface area contributed by atoms with Crippen LogP contribution in [0.15, 0.2) is 24.3 Å².